The number of alkyl halides is 3. The van der Waals surface area contributed by atoms with Crippen LogP contribution in [-0.4, -0.2) is 5.54 Å². The van der Waals surface area contributed by atoms with Gasteiger partial charge < -0.3 is 5.73 Å². The van der Waals surface area contributed by atoms with Crippen molar-refractivity contribution in [1.82, 2.24) is 0 Å². The molecule has 2 rings (SSSR count). The predicted octanol–water partition coefficient (Wildman–Crippen LogP) is 3.54. The van der Waals surface area contributed by atoms with Crippen molar-refractivity contribution in [3.8, 4) is 0 Å². The van der Waals surface area contributed by atoms with Crippen LogP contribution in [0.2, 0.25) is 0 Å². The van der Waals surface area contributed by atoms with Gasteiger partial charge in [0, 0.05) is 15.8 Å². The SMILES string of the molecule is CC(C)(c1ccc(C(F)(F)F)s1)C1(N)CC1. The first-order chi connectivity index (χ1) is 7.17. The van der Waals surface area contributed by atoms with Crippen molar-refractivity contribution < 1.29 is 13.2 Å². The van der Waals surface area contributed by atoms with E-state index in [1.165, 1.54) is 0 Å². The summed E-state index contributed by atoms with van der Waals surface area (Å²) in [5.74, 6) is 0. The van der Waals surface area contributed by atoms with Gasteiger partial charge in [-0.05, 0) is 25.0 Å². The number of rotatable bonds is 2. The average molecular weight is 249 g/mol. The van der Waals surface area contributed by atoms with Gasteiger partial charge in [0.15, 0.2) is 0 Å². The summed E-state index contributed by atoms with van der Waals surface area (Å²) >= 11 is 0.809. The summed E-state index contributed by atoms with van der Waals surface area (Å²) in [5.41, 5.74) is 5.41. The van der Waals surface area contributed by atoms with E-state index < -0.39 is 11.1 Å². The lowest BCUT2D eigenvalue weighted by atomic mass is 9.81. The molecule has 1 aliphatic carbocycles. The van der Waals surface area contributed by atoms with E-state index in [9.17, 15) is 13.2 Å². The molecule has 0 atom stereocenters. The fourth-order valence-corrected chi connectivity index (χ4v) is 2.91. The molecule has 1 aromatic rings. The topological polar surface area (TPSA) is 26.0 Å². The molecule has 1 saturated carbocycles. The third-order valence-corrected chi connectivity index (χ3v) is 4.99. The molecule has 0 bridgehead atoms. The second kappa shape index (κ2) is 3.23. The van der Waals surface area contributed by atoms with Crippen molar-refractivity contribution in [3.05, 3.63) is 21.9 Å². The summed E-state index contributed by atoms with van der Waals surface area (Å²) in [6.07, 6.45) is -2.47. The fourth-order valence-electron chi connectivity index (χ4n) is 1.83. The molecule has 1 nitrogen and oxygen atoms in total. The van der Waals surface area contributed by atoms with E-state index in [0.717, 1.165) is 35.1 Å². The summed E-state index contributed by atoms with van der Waals surface area (Å²) in [6, 6.07) is 2.70. The van der Waals surface area contributed by atoms with Gasteiger partial charge >= 0.3 is 6.18 Å². The molecule has 1 aliphatic rings. The maximum Gasteiger partial charge on any atom is 0.425 e. The molecule has 0 aliphatic heterocycles. The van der Waals surface area contributed by atoms with Crippen LogP contribution in [0.3, 0.4) is 0 Å². The highest BCUT2D eigenvalue weighted by Crippen LogP contribution is 2.51. The highest BCUT2D eigenvalue weighted by Gasteiger charge is 2.52. The Labute approximate surface area is 96.5 Å². The molecule has 1 heterocycles. The van der Waals surface area contributed by atoms with Crippen LogP contribution in [0.5, 0.6) is 0 Å². The maximum absolute atomic E-state index is 12.5. The molecule has 0 unspecified atom stereocenters. The number of thiophene rings is 1. The quantitative estimate of drug-likeness (QED) is 0.852. The zero-order valence-electron chi connectivity index (χ0n) is 9.19. The number of hydrogen-bond donors (Lipinski definition) is 1. The van der Waals surface area contributed by atoms with Gasteiger partial charge in [-0.3, -0.25) is 0 Å². The number of nitrogens with two attached hydrogens (primary N) is 1. The molecule has 5 heteroatoms. The first-order valence-electron chi connectivity index (χ1n) is 5.13. The normalized spacial score (nSPS) is 19.9. The Morgan fingerprint density at radius 3 is 2.06 bits per heavy atom. The molecule has 2 N–H and O–H groups in total. The van der Waals surface area contributed by atoms with E-state index in [4.69, 9.17) is 5.73 Å². The molecular formula is C11H14F3NS. The molecule has 0 amide bonds. The minimum atomic E-state index is -4.25. The molecule has 0 saturated heterocycles. The van der Waals surface area contributed by atoms with Crippen molar-refractivity contribution in [2.75, 3.05) is 0 Å². The lowest BCUT2D eigenvalue weighted by molar-refractivity contribution is -0.134. The Hall–Kier alpha value is -0.550. The highest BCUT2D eigenvalue weighted by molar-refractivity contribution is 7.12. The van der Waals surface area contributed by atoms with Crippen molar-refractivity contribution in [2.24, 2.45) is 5.73 Å². The number of halogens is 3. The van der Waals surface area contributed by atoms with E-state index in [-0.39, 0.29) is 11.0 Å². The van der Waals surface area contributed by atoms with E-state index in [1.54, 1.807) is 6.07 Å². The predicted molar refractivity (Wildman–Crippen MR) is 58.5 cm³/mol. The van der Waals surface area contributed by atoms with Gasteiger partial charge in [0.05, 0.1) is 0 Å². The van der Waals surface area contributed by atoms with Crippen LogP contribution in [0.25, 0.3) is 0 Å². The molecule has 1 aromatic heterocycles. The van der Waals surface area contributed by atoms with Crippen molar-refractivity contribution in [1.29, 1.82) is 0 Å². The Morgan fingerprint density at radius 1 is 1.19 bits per heavy atom. The second-order valence-corrected chi connectivity index (χ2v) is 6.03. The highest BCUT2D eigenvalue weighted by atomic mass is 32.1. The Balaban J connectivity index is 2.32. The molecule has 90 valence electrons. The Kier molecular flexibility index (Phi) is 2.41. The third-order valence-electron chi connectivity index (χ3n) is 3.53. The average Bonchev–Trinajstić information content (AvgIpc) is 2.71. The molecular weight excluding hydrogens is 235 g/mol. The van der Waals surface area contributed by atoms with Gasteiger partial charge in [-0.15, -0.1) is 11.3 Å². The Morgan fingerprint density at radius 2 is 1.69 bits per heavy atom. The van der Waals surface area contributed by atoms with Crippen LogP contribution in [0.4, 0.5) is 13.2 Å². The van der Waals surface area contributed by atoms with Gasteiger partial charge in [-0.25, -0.2) is 0 Å². The van der Waals surface area contributed by atoms with Gasteiger partial charge in [0.1, 0.15) is 4.88 Å². The number of hydrogen-bond acceptors (Lipinski definition) is 2. The van der Waals surface area contributed by atoms with Gasteiger partial charge in [0.25, 0.3) is 0 Å². The van der Waals surface area contributed by atoms with Crippen LogP contribution in [-0.2, 0) is 11.6 Å². The summed E-state index contributed by atoms with van der Waals surface area (Å²) in [4.78, 5) is 0.180. The lowest BCUT2D eigenvalue weighted by Crippen LogP contribution is -2.42. The van der Waals surface area contributed by atoms with Gasteiger partial charge in [0.2, 0.25) is 0 Å². The minimum Gasteiger partial charge on any atom is -0.324 e. The molecule has 0 spiro atoms. The van der Waals surface area contributed by atoms with E-state index in [1.807, 2.05) is 13.8 Å². The Bertz CT molecular complexity index is 402. The summed E-state index contributed by atoms with van der Waals surface area (Å²) < 4.78 is 37.4. The lowest BCUT2D eigenvalue weighted by Gasteiger charge is -2.30. The maximum atomic E-state index is 12.5. The standard InChI is InChI=1S/C11H14F3NS/c1-9(2,10(15)5-6-10)7-3-4-8(16-7)11(12,13)14/h3-4H,5-6,15H2,1-2H3. The molecule has 1 fully saturated rings. The molecule has 0 aromatic carbocycles. The smallest absolute Gasteiger partial charge is 0.324 e. The first kappa shape index (κ1) is 11.9. The minimum absolute atomic E-state index is 0.319. The summed E-state index contributed by atoms with van der Waals surface area (Å²) in [6.45, 7) is 3.85. The van der Waals surface area contributed by atoms with Crippen LogP contribution in [0.15, 0.2) is 12.1 Å². The summed E-state index contributed by atoms with van der Waals surface area (Å²) in [5, 5.41) is 0. The second-order valence-electron chi connectivity index (χ2n) is 4.94. The molecule has 16 heavy (non-hydrogen) atoms. The van der Waals surface area contributed by atoms with Crippen LogP contribution in [0.1, 0.15) is 36.4 Å². The zero-order valence-corrected chi connectivity index (χ0v) is 10.0. The fraction of sp³-hybridized carbons (Fsp3) is 0.636. The van der Waals surface area contributed by atoms with Crippen LogP contribution in [0, 0.1) is 0 Å². The van der Waals surface area contributed by atoms with E-state index in [0.29, 0.717) is 0 Å². The first-order valence-corrected chi connectivity index (χ1v) is 5.95. The van der Waals surface area contributed by atoms with Gasteiger partial charge in [-0.2, -0.15) is 13.2 Å². The van der Waals surface area contributed by atoms with Crippen molar-refractivity contribution in [3.63, 3.8) is 0 Å². The van der Waals surface area contributed by atoms with E-state index in [2.05, 4.69) is 0 Å². The largest absolute Gasteiger partial charge is 0.425 e. The van der Waals surface area contributed by atoms with Crippen molar-refractivity contribution in [2.45, 2.75) is 43.8 Å². The third kappa shape index (κ3) is 1.76. The molecule has 0 radical (unpaired) electrons. The monoisotopic (exact) mass is 249 g/mol. The van der Waals surface area contributed by atoms with Gasteiger partial charge in [-0.1, -0.05) is 13.8 Å². The summed E-state index contributed by atoms with van der Waals surface area (Å²) in [7, 11) is 0. The van der Waals surface area contributed by atoms with E-state index >= 15 is 0 Å². The zero-order chi connectivity index (χ0) is 12.2. The van der Waals surface area contributed by atoms with Crippen LogP contribution >= 0.6 is 11.3 Å². The van der Waals surface area contributed by atoms with Crippen molar-refractivity contribution >= 4 is 11.3 Å². The van der Waals surface area contributed by atoms with Crippen LogP contribution < -0.4 is 5.73 Å².